The molecule has 0 unspecified atom stereocenters. The van der Waals surface area contributed by atoms with E-state index in [1.807, 2.05) is 0 Å². The van der Waals surface area contributed by atoms with Gasteiger partial charge in [0.1, 0.15) is 5.75 Å². The average molecular weight is 583 g/mol. The number of aliphatic hydroxyl groups excluding tert-OH is 1. The van der Waals surface area contributed by atoms with Crippen LogP contribution in [-0.4, -0.2) is 20.0 Å². The molecule has 0 fully saturated rings. The Bertz CT molecular complexity index is 1070. The van der Waals surface area contributed by atoms with Gasteiger partial charge in [-0.15, -0.1) is 0 Å². The molecular weight excluding hydrogens is 538 g/mol. The number of aliphatic hydroxyl groups is 1. The van der Waals surface area contributed by atoms with Gasteiger partial charge in [-0.25, -0.2) is 0 Å². The second-order valence-corrected chi connectivity index (χ2v) is 17.2. The van der Waals surface area contributed by atoms with Crippen molar-refractivity contribution in [1.29, 1.82) is 0 Å². The minimum atomic E-state index is -2.20. The van der Waals surface area contributed by atoms with Gasteiger partial charge < -0.3 is 14.4 Å². The third-order valence-corrected chi connectivity index (χ3v) is 14.7. The fraction of sp³-hybridized carbons (Fsp3) is 0.438. The number of benzene rings is 3. The molecule has 0 heterocycles. The summed E-state index contributed by atoms with van der Waals surface area (Å²) in [7, 11) is -2.20. The SMILES string of the molecule is Cc1c(N(Cc2ccccc2)Cc2ccccc2)cc(O[Si](C(C)C)(C(C)C)C(C)C)c(CCO)c1Br. The number of halogens is 1. The van der Waals surface area contributed by atoms with Crippen molar-refractivity contribution in [3.05, 3.63) is 93.5 Å². The maximum Gasteiger partial charge on any atom is 0.258 e. The number of anilines is 1. The van der Waals surface area contributed by atoms with Crippen LogP contribution >= 0.6 is 15.9 Å². The van der Waals surface area contributed by atoms with Crippen LogP contribution in [-0.2, 0) is 19.5 Å². The zero-order chi connectivity index (χ0) is 27.2. The lowest BCUT2D eigenvalue weighted by molar-refractivity contribution is 0.298. The average Bonchev–Trinajstić information content (AvgIpc) is 2.86. The molecular formula is C32H44BrNO2Si. The van der Waals surface area contributed by atoms with E-state index in [9.17, 15) is 5.11 Å². The fourth-order valence-electron chi connectivity index (χ4n) is 5.91. The summed E-state index contributed by atoms with van der Waals surface area (Å²) in [5.74, 6) is 0.926. The first-order valence-corrected chi connectivity index (χ1v) is 16.5. The molecule has 3 rings (SSSR count). The monoisotopic (exact) mass is 581 g/mol. The van der Waals surface area contributed by atoms with E-state index in [0.29, 0.717) is 23.0 Å². The molecule has 0 aliphatic heterocycles. The highest BCUT2D eigenvalue weighted by atomic mass is 79.9. The smallest absolute Gasteiger partial charge is 0.258 e. The van der Waals surface area contributed by atoms with E-state index in [1.165, 1.54) is 16.7 Å². The second kappa shape index (κ2) is 13.1. The molecule has 0 saturated heterocycles. The van der Waals surface area contributed by atoms with Crippen molar-refractivity contribution in [2.75, 3.05) is 11.5 Å². The predicted octanol–water partition coefficient (Wildman–Crippen LogP) is 9.05. The van der Waals surface area contributed by atoms with Gasteiger partial charge in [0.2, 0.25) is 0 Å². The van der Waals surface area contributed by atoms with E-state index in [0.717, 1.165) is 34.6 Å². The van der Waals surface area contributed by atoms with Crippen LogP contribution in [0.25, 0.3) is 0 Å². The number of hydrogen-bond acceptors (Lipinski definition) is 3. The Morgan fingerprint density at radius 2 is 1.27 bits per heavy atom. The van der Waals surface area contributed by atoms with E-state index in [4.69, 9.17) is 4.43 Å². The van der Waals surface area contributed by atoms with Crippen LogP contribution in [0.2, 0.25) is 16.6 Å². The summed E-state index contributed by atoms with van der Waals surface area (Å²) in [6.45, 7) is 17.8. The third-order valence-electron chi connectivity index (χ3n) is 7.67. The lowest BCUT2D eigenvalue weighted by Crippen LogP contribution is -2.51. The van der Waals surface area contributed by atoms with E-state index < -0.39 is 8.32 Å². The third kappa shape index (κ3) is 6.68. The Balaban J connectivity index is 2.19. The fourth-order valence-corrected chi connectivity index (χ4v) is 11.8. The number of hydrogen-bond donors (Lipinski definition) is 1. The summed E-state index contributed by atoms with van der Waals surface area (Å²) in [5, 5.41) is 9.98. The summed E-state index contributed by atoms with van der Waals surface area (Å²) >= 11 is 3.94. The molecule has 37 heavy (non-hydrogen) atoms. The first-order valence-electron chi connectivity index (χ1n) is 13.6. The van der Waals surface area contributed by atoms with Gasteiger partial charge in [0.25, 0.3) is 8.32 Å². The molecule has 0 spiro atoms. The highest BCUT2D eigenvalue weighted by Gasteiger charge is 2.47. The van der Waals surface area contributed by atoms with Gasteiger partial charge in [0.15, 0.2) is 0 Å². The second-order valence-electron chi connectivity index (χ2n) is 11.0. The van der Waals surface area contributed by atoms with E-state index in [1.54, 1.807) is 0 Å². The van der Waals surface area contributed by atoms with Crippen LogP contribution in [0.5, 0.6) is 5.75 Å². The topological polar surface area (TPSA) is 32.7 Å². The molecule has 3 aromatic carbocycles. The van der Waals surface area contributed by atoms with Crippen LogP contribution < -0.4 is 9.33 Å². The quantitative estimate of drug-likeness (QED) is 0.216. The molecule has 0 atom stereocenters. The minimum absolute atomic E-state index is 0.0884. The molecule has 200 valence electrons. The molecule has 3 nitrogen and oxygen atoms in total. The maximum absolute atomic E-state index is 9.98. The van der Waals surface area contributed by atoms with Gasteiger partial charge in [0, 0.05) is 47.9 Å². The number of nitrogens with zero attached hydrogens (tertiary/aromatic N) is 1. The molecule has 3 aromatic rings. The summed E-state index contributed by atoms with van der Waals surface area (Å²) in [4.78, 5) is 2.45. The molecule has 0 saturated carbocycles. The first-order chi connectivity index (χ1) is 17.6. The maximum atomic E-state index is 9.98. The Morgan fingerprint density at radius 3 is 1.68 bits per heavy atom. The van der Waals surface area contributed by atoms with Crippen LogP contribution in [0.15, 0.2) is 71.2 Å². The van der Waals surface area contributed by atoms with Gasteiger partial charge in [0.05, 0.1) is 0 Å². The Hall–Kier alpha value is -2.08. The van der Waals surface area contributed by atoms with Crippen molar-refractivity contribution < 1.29 is 9.53 Å². The molecule has 1 N–H and O–H groups in total. The Morgan fingerprint density at radius 1 is 0.811 bits per heavy atom. The molecule has 0 aliphatic rings. The molecule has 0 aliphatic carbocycles. The molecule has 0 radical (unpaired) electrons. The molecule has 5 heteroatoms. The number of rotatable bonds is 12. The van der Waals surface area contributed by atoms with Gasteiger partial charge >= 0.3 is 0 Å². The molecule has 0 bridgehead atoms. The van der Waals surface area contributed by atoms with Crippen LogP contribution in [0.3, 0.4) is 0 Å². The molecule has 0 aromatic heterocycles. The summed E-state index contributed by atoms with van der Waals surface area (Å²) in [6, 6.07) is 23.6. The Labute approximate surface area is 234 Å². The van der Waals surface area contributed by atoms with Crippen molar-refractivity contribution in [3.8, 4) is 5.75 Å². The summed E-state index contributed by atoms with van der Waals surface area (Å²) < 4.78 is 8.31. The van der Waals surface area contributed by atoms with Crippen molar-refractivity contribution in [3.63, 3.8) is 0 Å². The highest BCUT2D eigenvalue weighted by Crippen LogP contribution is 2.46. The lowest BCUT2D eigenvalue weighted by atomic mass is 10.0. The van der Waals surface area contributed by atoms with Crippen LogP contribution in [0.1, 0.15) is 63.8 Å². The van der Waals surface area contributed by atoms with E-state index in [2.05, 4.69) is 136 Å². The largest absolute Gasteiger partial charge is 0.542 e. The van der Waals surface area contributed by atoms with Gasteiger partial charge in [-0.2, -0.15) is 0 Å². The van der Waals surface area contributed by atoms with E-state index >= 15 is 0 Å². The van der Waals surface area contributed by atoms with Crippen molar-refractivity contribution in [2.24, 2.45) is 0 Å². The van der Waals surface area contributed by atoms with Crippen molar-refractivity contribution in [1.82, 2.24) is 0 Å². The summed E-state index contributed by atoms with van der Waals surface area (Å²) in [5.41, 5.74) is 7.33. The first kappa shape index (κ1) is 29.5. The van der Waals surface area contributed by atoms with Crippen molar-refractivity contribution in [2.45, 2.75) is 84.6 Å². The van der Waals surface area contributed by atoms with Gasteiger partial charge in [-0.05, 0) is 40.2 Å². The minimum Gasteiger partial charge on any atom is -0.542 e. The van der Waals surface area contributed by atoms with Crippen molar-refractivity contribution >= 4 is 29.9 Å². The normalized spacial score (nSPS) is 12.0. The van der Waals surface area contributed by atoms with Gasteiger partial charge in [-0.1, -0.05) is 118 Å². The summed E-state index contributed by atoms with van der Waals surface area (Å²) in [6.07, 6.45) is 0.563. The zero-order valence-electron chi connectivity index (χ0n) is 23.6. The molecule has 0 amide bonds. The predicted molar refractivity (Wildman–Crippen MR) is 164 cm³/mol. The standard InChI is InChI=1S/C32H44BrNO2Si/c1-23(2)37(24(3)4,25(5)6)36-31-20-30(26(7)32(33)29(31)18-19-35)34(21-27-14-10-8-11-15-27)22-28-16-12-9-13-17-28/h8-17,20,23-25,35H,18-19,21-22H2,1-7H3. The van der Waals surface area contributed by atoms with Crippen LogP contribution in [0, 0.1) is 6.92 Å². The van der Waals surface area contributed by atoms with Gasteiger partial charge in [-0.3, -0.25) is 0 Å². The van der Waals surface area contributed by atoms with Crippen LogP contribution in [0.4, 0.5) is 5.69 Å². The highest BCUT2D eigenvalue weighted by molar-refractivity contribution is 9.10. The van der Waals surface area contributed by atoms with E-state index in [-0.39, 0.29) is 6.61 Å². The zero-order valence-corrected chi connectivity index (χ0v) is 26.2. The Kier molecular flexibility index (Phi) is 10.5. The lowest BCUT2D eigenvalue weighted by Gasteiger charge is -2.43.